The van der Waals surface area contributed by atoms with Gasteiger partial charge in [-0.15, -0.1) is 0 Å². The van der Waals surface area contributed by atoms with Gasteiger partial charge in [0.1, 0.15) is 6.54 Å². The summed E-state index contributed by atoms with van der Waals surface area (Å²) in [6.45, 7) is 4.69. The molecule has 0 radical (unpaired) electrons. The Kier molecular flexibility index (Phi) is 2.81. The number of amides is 3. The van der Waals surface area contributed by atoms with Crippen LogP contribution in [0.3, 0.4) is 0 Å². The molecule has 1 aromatic carbocycles. The molecule has 0 N–H and O–H groups in total. The second-order valence-corrected chi connectivity index (χ2v) is 5.55. The molecule has 1 saturated heterocycles. The van der Waals surface area contributed by atoms with Crippen LogP contribution in [0.1, 0.15) is 29.5 Å². The van der Waals surface area contributed by atoms with Crippen LogP contribution in [0.5, 0.6) is 0 Å². The number of benzene rings is 1. The highest BCUT2D eigenvalue weighted by atomic mass is 16.2. The molecule has 3 amide bonds. The van der Waals surface area contributed by atoms with Crippen molar-refractivity contribution in [2.24, 2.45) is 0 Å². The number of hydrogen-bond acceptors (Lipinski definition) is 2. The van der Waals surface area contributed by atoms with E-state index in [0.29, 0.717) is 12.6 Å². The van der Waals surface area contributed by atoms with Gasteiger partial charge in [0.2, 0.25) is 0 Å². The third-order valence-electron chi connectivity index (χ3n) is 3.90. The quantitative estimate of drug-likeness (QED) is 0.780. The minimum atomic E-state index is -0.117. The minimum absolute atomic E-state index is 0.0715. The summed E-state index contributed by atoms with van der Waals surface area (Å²) in [5, 5.41) is 0. The van der Waals surface area contributed by atoms with Gasteiger partial charge in [-0.25, -0.2) is 4.79 Å². The fourth-order valence-electron chi connectivity index (χ4n) is 2.53. The first kappa shape index (κ1) is 12.2. The molecule has 0 unspecified atom stereocenters. The zero-order valence-corrected chi connectivity index (χ0v) is 11.3. The molecule has 2 fully saturated rings. The van der Waals surface area contributed by atoms with Crippen LogP contribution in [-0.4, -0.2) is 34.3 Å². The average Bonchev–Trinajstić information content (AvgIpc) is 3.16. The fourth-order valence-corrected chi connectivity index (χ4v) is 2.53. The van der Waals surface area contributed by atoms with Gasteiger partial charge in [-0.05, 0) is 37.8 Å². The maximum Gasteiger partial charge on any atom is 0.327 e. The van der Waals surface area contributed by atoms with Crippen molar-refractivity contribution in [1.82, 2.24) is 9.80 Å². The molecule has 1 heterocycles. The van der Waals surface area contributed by atoms with Gasteiger partial charge in [-0.1, -0.05) is 23.8 Å². The summed E-state index contributed by atoms with van der Waals surface area (Å²) < 4.78 is 0. The number of nitrogens with zero attached hydrogens (tertiary/aromatic N) is 2. The second-order valence-electron chi connectivity index (χ2n) is 5.55. The first-order valence-corrected chi connectivity index (χ1v) is 6.73. The van der Waals surface area contributed by atoms with Gasteiger partial charge >= 0.3 is 6.03 Å². The molecular formula is C15H18N2O2. The molecule has 0 spiro atoms. The maximum atomic E-state index is 12.2. The van der Waals surface area contributed by atoms with Gasteiger partial charge in [-0.3, -0.25) is 9.69 Å². The van der Waals surface area contributed by atoms with Gasteiger partial charge in [0.05, 0.1) is 6.54 Å². The van der Waals surface area contributed by atoms with Gasteiger partial charge in [-0.2, -0.15) is 0 Å². The largest absolute Gasteiger partial charge is 0.327 e. The highest BCUT2D eigenvalue weighted by Gasteiger charge is 2.43. The van der Waals surface area contributed by atoms with E-state index in [4.69, 9.17) is 0 Å². The van der Waals surface area contributed by atoms with Crippen molar-refractivity contribution in [2.75, 3.05) is 6.54 Å². The third-order valence-corrected chi connectivity index (χ3v) is 3.90. The topological polar surface area (TPSA) is 40.6 Å². The minimum Gasteiger partial charge on any atom is -0.312 e. The Morgan fingerprint density at radius 3 is 2.63 bits per heavy atom. The predicted molar refractivity (Wildman–Crippen MR) is 71.6 cm³/mol. The molecule has 4 nitrogen and oxygen atoms in total. The van der Waals surface area contributed by atoms with Crippen LogP contribution in [0.2, 0.25) is 0 Å². The average molecular weight is 258 g/mol. The van der Waals surface area contributed by atoms with Gasteiger partial charge in [0, 0.05) is 6.04 Å². The first-order chi connectivity index (χ1) is 9.06. The van der Waals surface area contributed by atoms with Crippen molar-refractivity contribution >= 4 is 11.9 Å². The number of carbonyl (C=O) groups excluding carboxylic acids is 2. The Morgan fingerprint density at radius 2 is 1.95 bits per heavy atom. The second kappa shape index (κ2) is 4.37. The van der Waals surface area contributed by atoms with Crippen LogP contribution < -0.4 is 0 Å². The zero-order chi connectivity index (χ0) is 13.6. The molecule has 1 aliphatic heterocycles. The normalized spacial score (nSPS) is 19.5. The van der Waals surface area contributed by atoms with E-state index in [2.05, 4.69) is 6.07 Å². The van der Waals surface area contributed by atoms with Gasteiger partial charge in [0.15, 0.2) is 0 Å². The lowest BCUT2D eigenvalue weighted by Crippen LogP contribution is -2.33. The SMILES string of the molecule is Cc1ccc(C)c(CN2C(=O)CN(C3CC3)C2=O)c1. The van der Waals surface area contributed by atoms with E-state index in [-0.39, 0.29) is 18.5 Å². The molecule has 3 rings (SSSR count). The number of rotatable bonds is 3. The molecule has 4 heteroatoms. The summed E-state index contributed by atoms with van der Waals surface area (Å²) in [6.07, 6.45) is 2.08. The summed E-state index contributed by atoms with van der Waals surface area (Å²) in [7, 11) is 0. The van der Waals surface area contributed by atoms with Crippen molar-refractivity contribution in [3.05, 3.63) is 34.9 Å². The van der Waals surface area contributed by atoms with E-state index >= 15 is 0 Å². The van der Waals surface area contributed by atoms with Crippen LogP contribution in [0.4, 0.5) is 4.79 Å². The highest BCUT2D eigenvalue weighted by Crippen LogP contribution is 2.31. The lowest BCUT2D eigenvalue weighted by molar-refractivity contribution is -0.125. The van der Waals surface area contributed by atoms with E-state index in [9.17, 15) is 9.59 Å². The van der Waals surface area contributed by atoms with Crippen LogP contribution in [0, 0.1) is 13.8 Å². The predicted octanol–water partition coefficient (Wildman–Crippen LogP) is 2.23. The Hall–Kier alpha value is -1.84. The fraction of sp³-hybridized carbons (Fsp3) is 0.467. The smallest absolute Gasteiger partial charge is 0.312 e. The van der Waals surface area contributed by atoms with Gasteiger partial charge in [0.25, 0.3) is 5.91 Å². The van der Waals surface area contributed by atoms with Crippen molar-refractivity contribution in [1.29, 1.82) is 0 Å². The number of carbonyl (C=O) groups is 2. The number of urea groups is 1. The van der Waals surface area contributed by atoms with E-state index in [1.54, 1.807) is 4.90 Å². The Labute approximate surface area is 113 Å². The van der Waals surface area contributed by atoms with E-state index in [1.165, 1.54) is 4.90 Å². The summed E-state index contributed by atoms with van der Waals surface area (Å²) in [5.74, 6) is -0.0715. The van der Waals surface area contributed by atoms with Gasteiger partial charge < -0.3 is 4.90 Å². The van der Waals surface area contributed by atoms with E-state index < -0.39 is 0 Å². The molecule has 1 aromatic rings. The monoisotopic (exact) mass is 258 g/mol. The van der Waals surface area contributed by atoms with Crippen LogP contribution in [0.15, 0.2) is 18.2 Å². The lowest BCUT2D eigenvalue weighted by Gasteiger charge is -2.17. The Bertz CT molecular complexity index is 549. The summed E-state index contributed by atoms with van der Waals surface area (Å²) in [5.41, 5.74) is 3.33. The molecule has 1 aliphatic carbocycles. The van der Waals surface area contributed by atoms with Crippen LogP contribution in [0.25, 0.3) is 0 Å². The van der Waals surface area contributed by atoms with Crippen molar-refractivity contribution in [2.45, 2.75) is 39.3 Å². The Morgan fingerprint density at radius 1 is 1.21 bits per heavy atom. The Balaban J connectivity index is 1.80. The zero-order valence-electron chi connectivity index (χ0n) is 11.3. The molecule has 19 heavy (non-hydrogen) atoms. The van der Waals surface area contributed by atoms with Crippen molar-refractivity contribution in [3.63, 3.8) is 0 Å². The lowest BCUT2D eigenvalue weighted by atomic mass is 10.1. The molecule has 2 aliphatic rings. The molecule has 0 aromatic heterocycles. The van der Waals surface area contributed by atoms with Crippen molar-refractivity contribution in [3.8, 4) is 0 Å². The third kappa shape index (κ3) is 2.23. The van der Waals surface area contributed by atoms with Crippen LogP contribution in [-0.2, 0) is 11.3 Å². The molecule has 100 valence electrons. The molecule has 0 bridgehead atoms. The standard InChI is InChI=1S/C15H18N2O2/c1-10-3-4-11(2)12(7-10)8-17-14(18)9-16(15(17)19)13-5-6-13/h3-4,7,13H,5-6,8-9H2,1-2H3. The first-order valence-electron chi connectivity index (χ1n) is 6.73. The van der Waals surface area contributed by atoms with E-state index in [1.807, 2.05) is 26.0 Å². The summed E-state index contributed by atoms with van der Waals surface area (Å²) >= 11 is 0. The van der Waals surface area contributed by atoms with Crippen LogP contribution >= 0.6 is 0 Å². The molecular weight excluding hydrogens is 240 g/mol. The number of aryl methyl sites for hydroxylation is 2. The van der Waals surface area contributed by atoms with E-state index in [0.717, 1.165) is 29.5 Å². The molecule has 0 atom stereocenters. The van der Waals surface area contributed by atoms with Crippen molar-refractivity contribution < 1.29 is 9.59 Å². The summed E-state index contributed by atoms with van der Waals surface area (Å²) in [6, 6.07) is 6.32. The number of hydrogen-bond donors (Lipinski definition) is 0. The maximum absolute atomic E-state index is 12.2. The highest BCUT2D eigenvalue weighted by molar-refractivity contribution is 6.02. The number of imide groups is 1. The molecule has 1 saturated carbocycles. The summed E-state index contributed by atoms with van der Waals surface area (Å²) in [4.78, 5) is 27.3.